The largest absolute Gasteiger partial charge is 0.494 e. The molecule has 2 heterocycles. The first-order chi connectivity index (χ1) is 19.0. The Labute approximate surface area is 228 Å². The molecule has 1 amide bonds. The third-order valence-corrected chi connectivity index (χ3v) is 6.36. The van der Waals surface area contributed by atoms with Crippen molar-refractivity contribution in [2.45, 2.75) is 32.7 Å². The van der Waals surface area contributed by atoms with Gasteiger partial charge >= 0.3 is 0 Å². The predicted octanol–water partition coefficient (Wildman–Crippen LogP) is 4.53. The molecule has 9 nitrogen and oxygen atoms in total. The number of aromatic nitrogens is 2. The fourth-order valence-corrected chi connectivity index (χ4v) is 4.50. The molecule has 0 bridgehead atoms. The maximum Gasteiger partial charge on any atom is 0.258 e. The van der Waals surface area contributed by atoms with Crippen molar-refractivity contribution in [1.29, 1.82) is 0 Å². The molecule has 1 aliphatic heterocycles. The van der Waals surface area contributed by atoms with Crippen LogP contribution in [0, 0.1) is 0 Å². The zero-order valence-corrected chi connectivity index (χ0v) is 22.5. The molecule has 1 aromatic heterocycles. The number of ether oxygens (including phenoxy) is 2. The summed E-state index contributed by atoms with van der Waals surface area (Å²) in [6.07, 6.45) is 0. The summed E-state index contributed by atoms with van der Waals surface area (Å²) in [5.74, 6) is 2.84. The molecule has 1 fully saturated rings. The Balaban J connectivity index is 1.45. The number of carbonyl (C=O) groups excluding carboxylic acids is 1. The quantitative estimate of drug-likeness (QED) is 0.239. The van der Waals surface area contributed by atoms with Gasteiger partial charge in [0.1, 0.15) is 17.3 Å². The number of anilines is 2. The highest BCUT2D eigenvalue weighted by molar-refractivity contribution is 5.93. The van der Waals surface area contributed by atoms with E-state index in [-0.39, 0.29) is 18.6 Å². The lowest BCUT2D eigenvalue weighted by Gasteiger charge is -2.14. The van der Waals surface area contributed by atoms with Crippen molar-refractivity contribution in [3.8, 4) is 22.9 Å². The van der Waals surface area contributed by atoms with E-state index in [4.69, 9.17) is 19.4 Å². The second-order valence-corrected chi connectivity index (χ2v) is 9.75. The minimum absolute atomic E-state index is 0.0560. The zero-order chi connectivity index (χ0) is 27.2. The summed E-state index contributed by atoms with van der Waals surface area (Å²) in [4.78, 5) is 21.8. The van der Waals surface area contributed by atoms with Crippen molar-refractivity contribution in [1.82, 2.24) is 26.1 Å². The highest BCUT2D eigenvalue weighted by atomic mass is 16.5. The van der Waals surface area contributed by atoms with Crippen LogP contribution in [0.25, 0.3) is 22.3 Å². The van der Waals surface area contributed by atoms with E-state index in [1.807, 2.05) is 63.2 Å². The second kappa shape index (κ2) is 12.1. The first-order valence-electron chi connectivity index (χ1n) is 13.3. The molecule has 9 heteroatoms. The van der Waals surface area contributed by atoms with Gasteiger partial charge in [0.15, 0.2) is 12.4 Å². The molecule has 3 aromatic carbocycles. The zero-order valence-electron chi connectivity index (χ0n) is 22.5. The van der Waals surface area contributed by atoms with E-state index in [1.54, 1.807) is 0 Å². The Kier molecular flexibility index (Phi) is 8.19. The molecule has 5 rings (SSSR count). The summed E-state index contributed by atoms with van der Waals surface area (Å²) in [6, 6.07) is 21.8. The lowest BCUT2D eigenvalue weighted by Crippen LogP contribution is -2.34. The number of nitrogens with zero attached hydrogens (tertiary/aromatic N) is 2. The van der Waals surface area contributed by atoms with Gasteiger partial charge in [0.2, 0.25) is 0 Å². The van der Waals surface area contributed by atoms with Crippen LogP contribution in [0.4, 0.5) is 11.5 Å². The summed E-state index contributed by atoms with van der Waals surface area (Å²) in [5, 5.41) is 7.18. The van der Waals surface area contributed by atoms with Crippen molar-refractivity contribution in [2.24, 2.45) is 0 Å². The first kappa shape index (κ1) is 26.4. The Morgan fingerprint density at radius 2 is 1.74 bits per heavy atom. The Morgan fingerprint density at radius 3 is 2.49 bits per heavy atom. The summed E-state index contributed by atoms with van der Waals surface area (Å²) in [5.41, 5.74) is 10.1. The molecular weight excluding hydrogens is 492 g/mol. The lowest BCUT2D eigenvalue weighted by atomic mass is 10.0. The third kappa shape index (κ3) is 6.63. The van der Waals surface area contributed by atoms with Gasteiger partial charge in [0.05, 0.1) is 12.1 Å². The van der Waals surface area contributed by atoms with E-state index in [2.05, 4.69) is 45.8 Å². The number of nitrogens with one attached hydrogen (secondary N) is 4. The van der Waals surface area contributed by atoms with Crippen LogP contribution in [0.2, 0.25) is 0 Å². The maximum atomic E-state index is 12.0. The van der Waals surface area contributed by atoms with Crippen LogP contribution in [-0.2, 0) is 4.79 Å². The molecule has 4 N–H and O–H groups in total. The van der Waals surface area contributed by atoms with Gasteiger partial charge in [-0.1, -0.05) is 24.3 Å². The SMILES string of the molecule is CCOc1ccc2nc(-c3cccc(OCC(=O)NC(C)C)c3)nc(Nc3ccc(C4CNNC4)cc3)c2c1. The van der Waals surface area contributed by atoms with Crippen LogP contribution < -0.4 is 31.0 Å². The maximum absolute atomic E-state index is 12.0. The molecule has 0 aliphatic carbocycles. The highest BCUT2D eigenvalue weighted by Crippen LogP contribution is 2.31. The van der Waals surface area contributed by atoms with E-state index < -0.39 is 0 Å². The number of rotatable bonds is 10. The topological polar surface area (TPSA) is 109 Å². The van der Waals surface area contributed by atoms with Crippen LogP contribution in [0.3, 0.4) is 0 Å². The van der Waals surface area contributed by atoms with E-state index in [1.165, 1.54) is 5.56 Å². The van der Waals surface area contributed by atoms with Crippen molar-refractivity contribution in [2.75, 3.05) is 31.6 Å². The number of fused-ring (bicyclic) bond motifs is 1. The lowest BCUT2D eigenvalue weighted by molar-refractivity contribution is -0.123. The van der Waals surface area contributed by atoms with E-state index >= 15 is 0 Å². The standard InChI is InChI=1S/C30H34N6O3/c1-4-38-25-12-13-27-26(15-25)30(34-23-10-8-20(9-11-23)22-16-31-32-17-22)36-29(35-27)21-6-5-7-24(14-21)39-18-28(37)33-19(2)3/h5-15,19,22,31-32H,4,16-18H2,1-3H3,(H,33,37)(H,34,35,36). The Morgan fingerprint density at radius 1 is 0.974 bits per heavy atom. The number of hydrazine groups is 1. The van der Waals surface area contributed by atoms with Crippen molar-refractivity contribution >= 4 is 28.3 Å². The molecule has 4 aromatic rings. The van der Waals surface area contributed by atoms with Crippen molar-refractivity contribution < 1.29 is 14.3 Å². The summed E-state index contributed by atoms with van der Waals surface area (Å²) >= 11 is 0. The van der Waals surface area contributed by atoms with Gasteiger partial charge in [-0.15, -0.1) is 0 Å². The number of benzene rings is 3. The van der Waals surface area contributed by atoms with Gasteiger partial charge in [0, 0.05) is 41.7 Å². The minimum Gasteiger partial charge on any atom is -0.494 e. The van der Waals surface area contributed by atoms with Gasteiger partial charge in [-0.2, -0.15) is 0 Å². The van der Waals surface area contributed by atoms with E-state index in [9.17, 15) is 4.79 Å². The fourth-order valence-electron chi connectivity index (χ4n) is 4.50. The van der Waals surface area contributed by atoms with Crippen LogP contribution in [0.1, 0.15) is 32.3 Å². The molecule has 0 radical (unpaired) electrons. The monoisotopic (exact) mass is 526 g/mol. The number of carbonyl (C=O) groups is 1. The van der Waals surface area contributed by atoms with Crippen molar-refractivity contribution in [3.05, 3.63) is 72.3 Å². The normalized spacial score (nSPS) is 13.5. The predicted molar refractivity (Wildman–Crippen MR) is 153 cm³/mol. The van der Waals surface area contributed by atoms with Crippen LogP contribution >= 0.6 is 0 Å². The second-order valence-electron chi connectivity index (χ2n) is 9.75. The molecule has 1 saturated heterocycles. The average molecular weight is 527 g/mol. The summed E-state index contributed by atoms with van der Waals surface area (Å²) in [7, 11) is 0. The minimum atomic E-state index is -0.166. The number of amides is 1. The van der Waals surface area contributed by atoms with Gasteiger partial charge < -0.3 is 20.1 Å². The molecule has 0 saturated carbocycles. The van der Waals surface area contributed by atoms with E-state index in [0.717, 1.165) is 41.0 Å². The summed E-state index contributed by atoms with van der Waals surface area (Å²) < 4.78 is 11.5. The number of hydrogen-bond acceptors (Lipinski definition) is 8. The third-order valence-electron chi connectivity index (χ3n) is 6.36. The van der Waals surface area contributed by atoms with Crippen molar-refractivity contribution in [3.63, 3.8) is 0 Å². The molecule has 1 aliphatic rings. The summed E-state index contributed by atoms with van der Waals surface area (Å²) in [6.45, 7) is 8.13. The smallest absolute Gasteiger partial charge is 0.258 e. The van der Waals surface area contributed by atoms with Gasteiger partial charge in [-0.05, 0) is 68.8 Å². The van der Waals surface area contributed by atoms with E-state index in [0.29, 0.717) is 29.9 Å². The average Bonchev–Trinajstić information content (AvgIpc) is 3.48. The van der Waals surface area contributed by atoms with Crippen LogP contribution in [-0.4, -0.2) is 48.2 Å². The molecule has 39 heavy (non-hydrogen) atoms. The molecule has 0 unspecified atom stereocenters. The first-order valence-corrected chi connectivity index (χ1v) is 13.3. The Hall–Kier alpha value is -4.21. The van der Waals surface area contributed by atoms with Gasteiger partial charge in [0.25, 0.3) is 5.91 Å². The molecular formula is C30H34N6O3. The molecule has 0 atom stereocenters. The van der Waals surface area contributed by atoms with Crippen LogP contribution in [0.5, 0.6) is 11.5 Å². The van der Waals surface area contributed by atoms with Gasteiger partial charge in [-0.25, -0.2) is 9.97 Å². The fraction of sp³-hybridized carbons (Fsp3) is 0.300. The Bertz CT molecular complexity index is 1430. The van der Waals surface area contributed by atoms with Gasteiger partial charge in [-0.3, -0.25) is 15.6 Å². The number of hydrogen-bond donors (Lipinski definition) is 4. The molecule has 0 spiro atoms. The van der Waals surface area contributed by atoms with Crippen LogP contribution in [0.15, 0.2) is 66.7 Å². The highest BCUT2D eigenvalue weighted by Gasteiger charge is 2.17. The molecule has 202 valence electrons.